The average molecular weight is 285 g/mol. The van der Waals surface area contributed by atoms with E-state index in [4.69, 9.17) is 4.98 Å². The maximum atomic E-state index is 4.71. The van der Waals surface area contributed by atoms with Crippen LogP contribution in [0.25, 0.3) is 11.0 Å². The number of rotatable bonds is 3. The van der Waals surface area contributed by atoms with Gasteiger partial charge in [0, 0.05) is 6.04 Å². The Labute approximate surface area is 127 Å². The third kappa shape index (κ3) is 3.13. The molecule has 3 nitrogen and oxygen atoms in total. The van der Waals surface area contributed by atoms with E-state index in [1.807, 2.05) is 12.1 Å². The number of benzene rings is 1. The fourth-order valence-electron chi connectivity index (χ4n) is 3.77. The second-order valence-corrected chi connectivity index (χ2v) is 7.52. The van der Waals surface area contributed by atoms with Crippen molar-refractivity contribution in [1.82, 2.24) is 15.3 Å². The van der Waals surface area contributed by atoms with E-state index in [1.165, 1.54) is 19.3 Å². The largest absolute Gasteiger partial charge is 0.341 e. The molecule has 0 saturated heterocycles. The number of aromatic amines is 1. The van der Waals surface area contributed by atoms with Gasteiger partial charge < -0.3 is 10.3 Å². The third-order valence-corrected chi connectivity index (χ3v) is 4.98. The van der Waals surface area contributed by atoms with E-state index in [-0.39, 0.29) is 6.04 Å². The standard InChI is InChI=1S/C18H27N3/c1-12-11-18(3,4)10-9-14(12)19-13(2)17-20-15-7-5-6-8-16(15)21-17/h5-8,12-14,19H,9-11H2,1-4H3,(H,20,21). The number of H-pyrrole nitrogens is 1. The highest BCUT2D eigenvalue weighted by Gasteiger charge is 2.33. The molecule has 0 spiro atoms. The number of nitrogens with zero attached hydrogens (tertiary/aromatic N) is 1. The molecule has 3 heteroatoms. The van der Waals surface area contributed by atoms with Crippen molar-refractivity contribution in [3.63, 3.8) is 0 Å². The molecular weight excluding hydrogens is 258 g/mol. The number of para-hydroxylation sites is 2. The number of nitrogens with one attached hydrogen (secondary N) is 2. The Kier molecular flexibility index (Phi) is 3.78. The average Bonchev–Trinajstić information content (AvgIpc) is 2.85. The maximum absolute atomic E-state index is 4.71. The van der Waals surface area contributed by atoms with Crippen LogP contribution in [0.4, 0.5) is 0 Å². The molecule has 3 rings (SSSR count). The Balaban J connectivity index is 1.70. The molecule has 1 saturated carbocycles. The van der Waals surface area contributed by atoms with Gasteiger partial charge >= 0.3 is 0 Å². The summed E-state index contributed by atoms with van der Waals surface area (Å²) < 4.78 is 0. The van der Waals surface area contributed by atoms with Crippen LogP contribution < -0.4 is 5.32 Å². The first-order valence-corrected chi connectivity index (χ1v) is 8.15. The molecule has 21 heavy (non-hydrogen) atoms. The summed E-state index contributed by atoms with van der Waals surface area (Å²) >= 11 is 0. The van der Waals surface area contributed by atoms with E-state index >= 15 is 0 Å². The van der Waals surface area contributed by atoms with Gasteiger partial charge in [-0.3, -0.25) is 0 Å². The van der Waals surface area contributed by atoms with Gasteiger partial charge in [0.1, 0.15) is 5.82 Å². The molecule has 3 unspecified atom stereocenters. The molecule has 2 aromatic rings. The Bertz CT molecular complexity index is 581. The lowest BCUT2D eigenvalue weighted by molar-refractivity contribution is 0.142. The van der Waals surface area contributed by atoms with Crippen molar-refractivity contribution < 1.29 is 0 Å². The van der Waals surface area contributed by atoms with Crippen LogP contribution in [0, 0.1) is 11.3 Å². The first-order chi connectivity index (χ1) is 9.94. The van der Waals surface area contributed by atoms with E-state index in [2.05, 4.69) is 50.1 Å². The molecule has 0 aliphatic heterocycles. The van der Waals surface area contributed by atoms with Crippen LogP contribution in [0.2, 0.25) is 0 Å². The monoisotopic (exact) mass is 285 g/mol. The number of aromatic nitrogens is 2. The van der Waals surface area contributed by atoms with E-state index in [0.717, 1.165) is 22.8 Å². The van der Waals surface area contributed by atoms with E-state index in [9.17, 15) is 0 Å². The molecule has 1 aromatic heterocycles. The highest BCUT2D eigenvalue weighted by molar-refractivity contribution is 5.74. The van der Waals surface area contributed by atoms with Gasteiger partial charge in [-0.15, -0.1) is 0 Å². The summed E-state index contributed by atoms with van der Waals surface area (Å²) in [6.07, 6.45) is 3.87. The fourth-order valence-corrected chi connectivity index (χ4v) is 3.77. The fraction of sp³-hybridized carbons (Fsp3) is 0.611. The molecule has 1 fully saturated rings. The minimum atomic E-state index is 0.270. The van der Waals surface area contributed by atoms with Gasteiger partial charge in [-0.1, -0.05) is 32.9 Å². The molecule has 114 valence electrons. The zero-order valence-electron chi connectivity index (χ0n) is 13.6. The van der Waals surface area contributed by atoms with Gasteiger partial charge in [0.05, 0.1) is 17.1 Å². The summed E-state index contributed by atoms with van der Waals surface area (Å²) in [6.45, 7) is 9.37. The number of hydrogen-bond acceptors (Lipinski definition) is 2. The Morgan fingerprint density at radius 2 is 2.10 bits per heavy atom. The molecule has 1 aliphatic carbocycles. The summed E-state index contributed by atoms with van der Waals surface area (Å²) in [5.41, 5.74) is 2.68. The molecule has 3 atom stereocenters. The van der Waals surface area contributed by atoms with Crippen molar-refractivity contribution in [3.05, 3.63) is 30.1 Å². The summed E-state index contributed by atoms with van der Waals surface area (Å²) in [4.78, 5) is 8.16. The van der Waals surface area contributed by atoms with Crippen LogP contribution in [0.15, 0.2) is 24.3 Å². The van der Waals surface area contributed by atoms with Crippen molar-refractivity contribution in [2.75, 3.05) is 0 Å². The first-order valence-electron chi connectivity index (χ1n) is 8.15. The highest BCUT2D eigenvalue weighted by Crippen LogP contribution is 2.39. The van der Waals surface area contributed by atoms with Crippen LogP contribution in [-0.2, 0) is 0 Å². The predicted octanol–water partition coefficient (Wildman–Crippen LogP) is 4.43. The van der Waals surface area contributed by atoms with Crippen LogP contribution in [0.3, 0.4) is 0 Å². The second kappa shape index (κ2) is 5.45. The molecule has 1 aromatic carbocycles. The van der Waals surface area contributed by atoms with Gasteiger partial charge in [0.2, 0.25) is 0 Å². The number of imidazole rings is 1. The maximum Gasteiger partial charge on any atom is 0.124 e. The molecular formula is C18H27N3. The summed E-state index contributed by atoms with van der Waals surface area (Å²) in [5, 5.41) is 3.79. The first kappa shape index (κ1) is 14.6. The lowest BCUT2D eigenvalue weighted by atomic mass is 9.70. The van der Waals surface area contributed by atoms with Crippen molar-refractivity contribution in [1.29, 1.82) is 0 Å². The van der Waals surface area contributed by atoms with E-state index < -0.39 is 0 Å². The SMILES string of the molecule is CC(NC1CCC(C)(C)CC1C)c1nc2ccccc2[nH]1. The molecule has 1 aliphatic rings. The zero-order valence-corrected chi connectivity index (χ0v) is 13.6. The van der Waals surface area contributed by atoms with Crippen molar-refractivity contribution in [2.24, 2.45) is 11.3 Å². The summed E-state index contributed by atoms with van der Waals surface area (Å²) in [6, 6.07) is 9.11. The summed E-state index contributed by atoms with van der Waals surface area (Å²) in [7, 11) is 0. The molecule has 1 heterocycles. The van der Waals surface area contributed by atoms with Crippen molar-refractivity contribution in [2.45, 2.75) is 59.0 Å². The van der Waals surface area contributed by atoms with Gasteiger partial charge in [0.15, 0.2) is 0 Å². The van der Waals surface area contributed by atoms with Gasteiger partial charge in [-0.2, -0.15) is 0 Å². The van der Waals surface area contributed by atoms with Crippen LogP contribution in [0.5, 0.6) is 0 Å². The third-order valence-electron chi connectivity index (χ3n) is 4.98. The molecule has 2 N–H and O–H groups in total. The highest BCUT2D eigenvalue weighted by atomic mass is 15.0. The van der Waals surface area contributed by atoms with Crippen molar-refractivity contribution in [3.8, 4) is 0 Å². The normalized spacial score (nSPS) is 26.9. The molecule has 0 radical (unpaired) electrons. The smallest absolute Gasteiger partial charge is 0.124 e. The lowest BCUT2D eigenvalue weighted by Crippen LogP contribution is -2.42. The topological polar surface area (TPSA) is 40.7 Å². The minimum Gasteiger partial charge on any atom is -0.341 e. The van der Waals surface area contributed by atoms with Crippen molar-refractivity contribution >= 4 is 11.0 Å². The van der Waals surface area contributed by atoms with Crippen LogP contribution in [-0.4, -0.2) is 16.0 Å². The minimum absolute atomic E-state index is 0.270. The number of fused-ring (bicyclic) bond motifs is 1. The zero-order chi connectivity index (χ0) is 15.0. The lowest BCUT2D eigenvalue weighted by Gasteiger charge is -2.40. The van der Waals surface area contributed by atoms with Gasteiger partial charge in [-0.25, -0.2) is 4.98 Å². The predicted molar refractivity (Wildman–Crippen MR) is 88.2 cm³/mol. The molecule has 0 bridgehead atoms. The van der Waals surface area contributed by atoms with Crippen LogP contribution >= 0.6 is 0 Å². The second-order valence-electron chi connectivity index (χ2n) is 7.52. The van der Waals surface area contributed by atoms with E-state index in [0.29, 0.717) is 11.5 Å². The van der Waals surface area contributed by atoms with Gasteiger partial charge in [0.25, 0.3) is 0 Å². The van der Waals surface area contributed by atoms with Gasteiger partial charge in [-0.05, 0) is 49.7 Å². The Hall–Kier alpha value is -1.35. The quantitative estimate of drug-likeness (QED) is 0.876. The number of hydrogen-bond donors (Lipinski definition) is 2. The Morgan fingerprint density at radius 1 is 1.33 bits per heavy atom. The van der Waals surface area contributed by atoms with E-state index in [1.54, 1.807) is 0 Å². The Morgan fingerprint density at radius 3 is 2.81 bits per heavy atom. The summed E-state index contributed by atoms with van der Waals surface area (Å²) in [5.74, 6) is 1.77. The molecule has 0 amide bonds. The van der Waals surface area contributed by atoms with Crippen LogP contribution in [0.1, 0.15) is 58.8 Å².